The second-order valence-electron chi connectivity index (χ2n) is 8.64. The van der Waals surface area contributed by atoms with Gasteiger partial charge in [0.25, 0.3) is 5.56 Å². The van der Waals surface area contributed by atoms with E-state index in [1.165, 1.54) is 30.5 Å². The van der Waals surface area contributed by atoms with Crippen LogP contribution in [-0.2, 0) is 24.1 Å². The number of alkyl halides is 3. The largest absolute Gasteiger partial charge is 0.507 e. The summed E-state index contributed by atoms with van der Waals surface area (Å²) >= 11 is 0. The SMILES string of the molecule is CC(C)Nc1ncc(-c2cc(N)cc(C(F)(F)F)c2)n(CC(=O)NCc2ccc(/C(N)=N\O)c(O)c2)c1=O. The van der Waals surface area contributed by atoms with E-state index in [-0.39, 0.29) is 52.5 Å². The minimum Gasteiger partial charge on any atom is -0.507 e. The Morgan fingerprint density at radius 2 is 1.92 bits per heavy atom. The number of aromatic hydroxyl groups is 1. The quantitative estimate of drug-likeness (QED) is 0.0839. The highest BCUT2D eigenvalue weighted by Gasteiger charge is 2.31. The topological polar surface area (TPSA) is 181 Å². The number of nitrogens with one attached hydrogen (secondary N) is 2. The Balaban J connectivity index is 1.94. The molecule has 8 N–H and O–H groups in total. The van der Waals surface area contributed by atoms with E-state index in [4.69, 9.17) is 16.7 Å². The lowest BCUT2D eigenvalue weighted by atomic mass is 10.1. The monoisotopic (exact) mass is 533 g/mol. The molecule has 0 aliphatic carbocycles. The van der Waals surface area contributed by atoms with Crippen molar-refractivity contribution in [1.29, 1.82) is 0 Å². The number of halogens is 3. The van der Waals surface area contributed by atoms with E-state index in [2.05, 4.69) is 20.8 Å². The molecule has 3 rings (SSSR count). The van der Waals surface area contributed by atoms with Gasteiger partial charge in [-0.2, -0.15) is 13.2 Å². The minimum atomic E-state index is -4.69. The van der Waals surface area contributed by atoms with E-state index in [1.807, 2.05) is 0 Å². The van der Waals surface area contributed by atoms with Gasteiger partial charge in [-0.1, -0.05) is 11.2 Å². The Kier molecular flexibility index (Phi) is 8.13. The summed E-state index contributed by atoms with van der Waals surface area (Å²) in [6.07, 6.45) is -3.49. The number of nitrogen functional groups attached to an aromatic ring is 1. The number of rotatable bonds is 8. The third-order valence-corrected chi connectivity index (χ3v) is 5.30. The number of amidine groups is 1. The highest BCUT2D eigenvalue weighted by atomic mass is 19.4. The normalized spacial score (nSPS) is 12.0. The fourth-order valence-corrected chi connectivity index (χ4v) is 3.57. The zero-order valence-electron chi connectivity index (χ0n) is 20.4. The molecule has 0 saturated carbocycles. The van der Waals surface area contributed by atoms with Crippen molar-refractivity contribution in [1.82, 2.24) is 14.9 Å². The van der Waals surface area contributed by atoms with Crippen molar-refractivity contribution in [3.63, 3.8) is 0 Å². The van der Waals surface area contributed by atoms with E-state index < -0.39 is 29.8 Å². The van der Waals surface area contributed by atoms with Crippen LogP contribution >= 0.6 is 0 Å². The van der Waals surface area contributed by atoms with Crippen molar-refractivity contribution >= 4 is 23.2 Å². The van der Waals surface area contributed by atoms with Crippen LogP contribution in [0.4, 0.5) is 24.7 Å². The molecule has 1 heterocycles. The second kappa shape index (κ2) is 11.1. The Morgan fingerprint density at radius 1 is 1.21 bits per heavy atom. The molecular formula is C24H26F3N7O4. The highest BCUT2D eigenvalue weighted by molar-refractivity contribution is 5.99. The van der Waals surface area contributed by atoms with Gasteiger partial charge in [-0.25, -0.2) is 4.98 Å². The zero-order chi connectivity index (χ0) is 28.2. The summed E-state index contributed by atoms with van der Waals surface area (Å²) in [5, 5.41) is 27.1. The second-order valence-corrected chi connectivity index (χ2v) is 8.64. The lowest BCUT2D eigenvalue weighted by molar-refractivity contribution is -0.137. The maximum Gasteiger partial charge on any atom is 0.416 e. The molecule has 1 amide bonds. The third kappa shape index (κ3) is 6.52. The molecule has 0 fully saturated rings. The summed E-state index contributed by atoms with van der Waals surface area (Å²) < 4.78 is 41.1. The van der Waals surface area contributed by atoms with Crippen molar-refractivity contribution in [3.05, 3.63) is 69.6 Å². The number of phenolic OH excluding ortho intramolecular Hbond substituents is 1. The summed E-state index contributed by atoms with van der Waals surface area (Å²) in [7, 11) is 0. The molecule has 0 aliphatic heterocycles. The van der Waals surface area contributed by atoms with E-state index in [1.54, 1.807) is 13.8 Å². The van der Waals surface area contributed by atoms with Crippen LogP contribution in [0.3, 0.4) is 0 Å². The summed E-state index contributed by atoms with van der Waals surface area (Å²) in [5.41, 5.74) is 9.70. The van der Waals surface area contributed by atoms with Crippen LogP contribution in [0.1, 0.15) is 30.5 Å². The van der Waals surface area contributed by atoms with Gasteiger partial charge in [0.2, 0.25) is 5.91 Å². The minimum absolute atomic E-state index is 0.0435. The molecule has 0 aliphatic rings. The van der Waals surface area contributed by atoms with Crippen LogP contribution < -0.4 is 27.7 Å². The molecule has 0 bridgehead atoms. The van der Waals surface area contributed by atoms with Crippen LogP contribution in [0.2, 0.25) is 0 Å². The van der Waals surface area contributed by atoms with Crippen LogP contribution in [0, 0.1) is 0 Å². The molecule has 11 nitrogen and oxygen atoms in total. The van der Waals surface area contributed by atoms with Crippen molar-refractivity contribution in [2.24, 2.45) is 10.9 Å². The fourth-order valence-electron chi connectivity index (χ4n) is 3.57. The third-order valence-electron chi connectivity index (χ3n) is 5.30. The average molecular weight is 534 g/mol. The van der Waals surface area contributed by atoms with Crippen LogP contribution in [0.25, 0.3) is 11.3 Å². The highest BCUT2D eigenvalue weighted by Crippen LogP contribution is 2.34. The van der Waals surface area contributed by atoms with Gasteiger partial charge in [-0.3, -0.25) is 14.2 Å². The molecular weight excluding hydrogens is 507 g/mol. The standard InChI is InChI=1S/C24H26F3N7O4/c1-12(2)32-22-23(37)34(18(10-31-22)14-6-15(24(25,26)27)8-16(28)7-14)11-20(36)30-9-13-3-4-17(19(35)5-13)21(29)33-38/h3-8,10,12,35,38H,9,11,28H2,1-2H3,(H2,29,33)(H,30,36)(H,31,32). The zero-order valence-corrected chi connectivity index (χ0v) is 20.4. The maximum absolute atomic E-state index is 13.4. The van der Waals surface area contributed by atoms with Gasteiger partial charge in [0.15, 0.2) is 11.7 Å². The number of hydrogen-bond donors (Lipinski definition) is 6. The van der Waals surface area contributed by atoms with Gasteiger partial charge in [0, 0.05) is 23.8 Å². The van der Waals surface area contributed by atoms with Gasteiger partial charge in [0.1, 0.15) is 12.3 Å². The van der Waals surface area contributed by atoms with Crippen molar-refractivity contribution in [3.8, 4) is 17.0 Å². The Labute approximate surface area is 214 Å². The van der Waals surface area contributed by atoms with Gasteiger partial charge >= 0.3 is 6.18 Å². The van der Waals surface area contributed by atoms with E-state index in [0.29, 0.717) is 5.56 Å². The first kappa shape index (κ1) is 27.8. The molecule has 2 aromatic carbocycles. The Hall–Kier alpha value is -4.75. The Bertz CT molecular complexity index is 1440. The number of benzene rings is 2. The molecule has 3 aromatic rings. The first-order chi connectivity index (χ1) is 17.8. The molecule has 1 aromatic heterocycles. The van der Waals surface area contributed by atoms with Crippen LogP contribution in [0.5, 0.6) is 5.75 Å². The molecule has 0 atom stereocenters. The molecule has 0 radical (unpaired) electrons. The first-order valence-corrected chi connectivity index (χ1v) is 11.2. The van der Waals surface area contributed by atoms with E-state index in [0.717, 1.165) is 16.7 Å². The van der Waals surface area contributed by atoms with Crippen molar-refractivity contribution in [2.45, 2.75) is 39.2 Å². The lowest BCUT2D eigenvalue weighted by Crippen LogP contribution is -2.35. The molecule has 38 heavy (non-hydrogen) atoms. The summed E-state index contributed by atoms with van der Waals surface area (Å²) in [6, 6.07) is 6.86. The number of nitrogens with zero attached hydrogens (tertiary/aromatic N) is 3. The molecule has 0 saturated heterocycles. The number of amides is 1. The lowest BCUT2D eigenvalue weighted by Gasteiger charge is -2.17. The number of oxime groups is 1. The average Bonchev–Trinajstić information content (AvgIpc) is 2.83. The number of carbonyl (C=O) groups excluding carboxylic acids is 1. The van der Waals surface area contributed by atoms with Gasteiger partial charge in [0.05, 0.1) is 23.0 Å². The summed E-state index contributed by atoms with van der Waals surface area (Å²) in [6.45, 7) is 2.92. The predicted octanol–water partition coefficient (Wildman–Crippen LogP) is 2.45. The molecule has 0 spiro atoms. The predicted molar refractivity (Wildman–Crippen MR) is 135 cm³/mol. The van der Waals surface area contributed by atoms with Gasteiger partial charge in [-0.15, -0.1) is 0 Å². The summed E-state index contributed by atoms with van der Waals surface area (Å²) in [4.78, 5) is 30.0. The van der Waals surface area contributed by atoms with E-state index in [9.17, 15) is 27.9 Å². The van der Waals surface area contributed by atoms with Crippen LogP contribution in [-0.4, -0.2) is 37.6 Å². The number of phenols is 1. The van der Waals surface area contributed by atoms with Gasteiger partial charge in [-0.05, 0) is 49.7 Å². The number of hydrogen-bond acceptors (Lipinski definition) is 8. The number of nitrogens with two attached hydrogens (primary N) is 2. The van der Waals surface area contributed by atoms with Crippen molar-refractivity contribution in [2.75, 3.05) is 11.1 Å². The first-order valence-electron chi connectivity index (χ1n) is 11.2. The smallest absolute Gasteiger partial charge is 0.416 e. The van der Waals surface area contributed by atoms with Crippen molar-refractivity contribution < 1.29 is 28.3 Å². The van der Waals surface area contributed by atoms with E-state index >= 15 is 0 Å². The Morgan fingerprint density at radius 3 is 2.53 bits per heavy atom. The van der Waals surface area contributed by atoms with Crippen LogP contribution in [0.15, 0.2) is 52.5 Å². The number of anilines is 2. The fraction of sp³-hybridized carbons (Fsp3) is 0.250. The molecule has 0 unspecified atom stereocenters. The maximum atomic E-state index is 13.4. The molecule has 202 valence electrons. The number of carbonyl (C=O) groups is 1. The number of aromatic nitrogens is 2. The summed E-state index contributed by atoms with van der Waals surface area (Å²) in [5.74, 6) is -1.31. The van der Waals surface area contributed by atoms with Gasteiger partial charge < -0.3 is 32.4 Å². The molecule has 14 heteroatoms.